The van der Waals surface area contributed by atoms with Gasteiger partial charge in [0.05, 0.1) is 5.41 Å². The Hall–Kier alpha value is -2.83. The minimum Gasteiger partial charge on any atom is -0.512 e. The maximum Gasteiger partial charge on any atom is 0.707 e. The van der Waals surface area contributed by atoms with Gasteiger partial charge in [-0.1, -0.05) is 95.3 Å². The third-order valence-corrected chi connectivity index (χ3v) is 15.7. The van der Waals surface area contributed by atoms with E-state index in [0.717, 1.165) is 37.7 Å². The summed E-state index contributed by atoms with van der Waals surface area (Å²) in [7, 11) is -1.82. The average Bonchev–Trinajstić information content (AvgIpc) is 3.46. The predicted octanol–water partition coefficient (Wildman–Crippen LogP) is 9.43. The van der Waals surface area contributed by atoms with Gasteiger partial charge in [-0.2, -0.15) is 0 Å². The quantitative estimate of drug-likeness (QED) is 0.175. The highest BCUT2D eigenvalue weighted by Crippen LogP contribution is 2.77. The number of rotatable bonds is 7. The molecule has 0 radical (unpaired) electrons. The summed E-state index contributed by atoms with van der Waals surface area (Å²) in [6.45, 7) is 19.8. The Balaban J connectivity index is 1.19. The molecule has 49 heavy (non-hydrogen) atoms. The van der Waals surface area contributed by atoms with Crippen molar-refractivity contribution in [2.45, 2.75) is 106 Å². The molecule has 5 aliphatic rings. The van der Waals surface area contributed by atoms with Gasteiger partial charge in [-0.05, 0) is 145 Å². The third kappa shape index (κ3) is 5.21. The Bertz CT molecular complexity index is 1610. The van der Waals surface area contributed by atoms with Crippen LogP contribution in [0.25, 0.3) is 5.57 Å². The van der Waals surface area contributed by atoms with Crippen LogP contribution in [-0.4, -0.2) is 23.3 Å². The molecule has 0 amide bonds. The molecule has 2 N–H and O–H groups in total. The van der Waals surface area contributed by atoms with Crippen LogP contribution in [0.1, 0.15) is 110 Å². The fourth-order valence-electron chi connectivity index (χ4n) is 13.3. The number of fused-ring (bicyclic) bond motifs is 7. The summed E-state index contributed by atoms with van der Waals surface area (Å²) in [4.78, 5) is 14.3. The Kier molecular flexibility index (Phi) is 8.58. The van der Waals surface area contributed by atoms with Gasteiger partial charge < -0.3 is 19.4 Å². The Morgan fingerprint density at radius 1 is 0.857 bits per heavy atom. The standard InChI is InChI=1S/C43H57BO5/c1-28(2)32-19-24-43(38(45)48-27-29-11-9-8-10-12-29)26-25-41(6)34(37(32)43)17-18-36-40(5)22-20-33(30-13-15-31(16-14-30)49-44(46)47)39(3,4)35(40)21-23-42(36,41)7/h8-16,20,32,34-37,46-47H,1,17-19,21-27H2,2-7H3/t32-,34+,35-,36+,37+,40-,41+,42+,43-/m0/s1. The minimum atomic E-state index is -1.82. The highest BCUT2D eigenvalue weighted by Gasteiger charge is 2.71. The molecule has 5 aliphatic carbocycles. The van der Waals surface area contributed by atoms with Crippen LogP contribution < -0.4 is 4.65 Å². The third-order valence-electron chi connectivity index (χ3n) is 15.7. The van der Waals surface area contributed by atoms with E-state index in [0.29, 0.717) is 41.9 Å². The van der Waals surface area contributed by atoms with Gasteiger partial charge >= 0.3 is 13.3 Å². The summed E-state index contributed by atoms with van der Waals surface area (Å²) in [5, 5.41) is 18.5. The van der Waals surface area contributed by atoms with E-state index in [1.165, 1.54) is 42.4 Å². The average molecular weight is 665 g/mol. The normalized spacial score (nSPS) is 38.9. The van der Waals surface area contributed by atoms with E-state index in [1.807, 2.05) is 42.5 Å². The molecule has 4 saturated carbocycles. The summed E-state index contributed by atoms with van der Waals surface area (Å²) in [5.41, 5.74) is 4.98. The zero-order valence-corrected chi connectivity index (χ0v) is 30.6. The van der Waals surface area contributed by atoms with Gasteiger partial charge in [0.2, 0.25) is 0 Å². The fourth-order valence-corrected chi connectivity index (χ4v) is 13.3. The Labute approximate surface area is 294 Å². The monoisotopic (exact) mass is 664 g/mol. The maximum atomic E-state index is 14.3. The number of benzene rings is 2. The van der Waals surface area contributed by atoms with Crippen molar-refractivity contribution in [2.24, 2.45) is 56.7 Å². The SMILES string of the molecule is C=C(C)[C@@H]1CC[C@]2(C(=O)OCc3ccccc3)CC[C@]3(C)[C@H](CC[C@@H]4[C@@]5(C)CC=C(c6ccc(OB(O)O)cc6)C(C)(C)[C@@H]5CC[C@]43C)[C@@H]12. The number of allylic oxidation sites excluding steroid dienone is 3. The molecule has 0 saturated heterocycles. The molecule has 2 aromatic rings. The zero-order valence-electron chi connectivity index (χ0n) is 30.6. The van der Waals surface area contributed by atoms with Crippen LogP contribution in [-0.2, 0) is 16.1 Å². The molecule has 5 nitrogen and oxygen atoms in total. The van der Waals surface area contributed by atoms with Crippen molar-refractivity contribution < 1.29 is 24.2 Å². The lowest BCUT2D eigenvalue weighted by Gasteiger charge is -2.72. The van der Waals surface area contributed by atoms with Gasteiger partial charge in [0, 0.05) is 0 Å². The lowest BCUT2D eigenvalue weighted by Crippen LogP contribution is -2.66. The summed E-state index contributed by atoms with van der Waals surface area (Å²) in [6, 6.07) is 17.9. The second-order valence-electron chi connectivity index (χ2n) is 17.9. The fraction of sp³-hybridized carbons (Fsp3) is 0.605. The largest absolute Gasteiger partial charge is 0.707 e. The van der Waals surface area contributed by atoms with Crippen LogP contribution >= 0.6 is 0 Å². The topological polar surface area (TPSA) is 76.0 Å². The number of esters is 1. The highest BCUT2D eigenvalue weighted by atomic mass is 16.6. The van der Waals surface area contributed by atoms with E-state index in [1.54, 1.807) is 0 Å². The molecule has 6 heteroatoms. The second kappa shape index (κ2) is 12.2. The first kappa shape index (κ1) is 34.6. The predicted molar refractivity (Wildman–Crippen MR) is 196 cm³/mol. The van der Waals surface area contributed by atoms with Crippen LogP contribution in [0.2, 0.25) is 0 Å². The van der Waals surface area contributed by atoms with Crippen molar-refractivity contribution in [1.82, 2.24) is 0 Å². The number of hydrogen-bond donors (Lipinski definition) is 2. The van der Waals surface area contributed by atoms with Crippen molar-refractivity contribution in [1.29, 1.82) is 0 Å². The van der Waals surface area contributed by atoms with Crippen molar-refractivity contribution in [2.75, 3.05) is 0 Å². The van der Waals surface area contributed by atoms with Crippen LogP contribution in [0.15, 0.2) is 72.8 Å². The molecule has 2 aromatic carbocycles. The first-order valence-corrected chi connectivity index (χ1v) is 18.9. The number of hydrogen-bond acceptors (Lipinski definition) is 5. The molecule has 0 bridgehead atoms. The molecule has 0 unspecified atom stereocenters. The van der Waals surface area contributed by atoms with Gasteiger partial charge in [0.15, 0.2) is 0 Å². The molecule has 0 spiro atoms. The van der Waals surface area contributed by atoms with Gasteiger partial charge in [0.25, 0.3) is 0 Å². The molecule has 0 heterocycles. The number of carbonyl (C=O) groups is 1. The molecule has 9 atom stereocenters. The maximum absolute atomic E-state index is 14.3. The van der Waals surface area contributed by atoms with Gasteiger partial charge in [0.1, 0.15) is 12.4 Å². The van der Waals surface area contributed by atoms with Crippen LogP contribution in [0.5, 0.6) is 5.75 Å². The Morgan fingerprint density at radius 2 is 1.57 bits per heavy atom. The lowest BCUT2D eigenvalue weighted by molar-refractivity contribution is -0.229. The second-order valence-corrected chi connectivity index (χ2v) is 17.9. The minimum absolute atomic E-state index is 0.00825. The van der Waals surface area contributed by atoms with Crippen molar-refractivity contribution in [3.63, 3.8) is 0 Å². The van der Waals surface area contributed by atoms with Gasteiger partial charge in [-0.15, -0.1) is 0 Å². The Morgan fingerprint density at radius 3 is 2.24 bits per heavy atom. The molecular weight excluding hydrogens is 607 g/mol. The van der Waals surface area contributed by atoms with Crippen LogP contribution in [0.4, 0.5) is 0 Å². The number of ether oxygens (including phenoxy) is 1. The molecule has 7 rings (SSSR count). The molecule has 4 fully saturated rings. The smallest absolute Gasteiger partial charge is 0.512 e. The number of carbonyl (C=O) groups excluding carboxylic acids is 1. The van der Waals surface area contributed by atoms with Crippen molar-refractivity contribution in [3.8, 4) is 5.75 Å². The molecular formula is C43H57BO5. The van der Waals surface area contributed by atoms with Gasteiger partial charge in [-0.25, -0.2) is 0 Å². The summed E-state index contributed by atoms with van der Waals surface area (Å²) in [5.74, 6) is 2.81. The molecule has 0 aromatic heterocycles. The molecule has 0 aliphatic heterocycles. The van der Waals surface area contributed by atoms with E-state index >= 15 is 0 Å². The summed E-state index contributed by atoms with van der Waals surface area (Å²) >= 11 is 0. The van der Waals surface area contributed by atoms with E-state index in [9.17, 15) is 14.8 Å². The van der Waals surface area contributed by atoms with Crippen molar-refractivity contribution in [3.05, 3.63) is 84.0 Å². The molecule has 262 valence electrons. The summed E-state index contributed by atoms with van der Waals surface area (Å²) < 4.78 is 11.3. The zero-order chi connectivity index (χ0) is 35.0. The van der Waals surface area contributed by atoms with Crippen LogP contribution in [0, 0.1) is 56.7 Å². The first-order chi connectivity index (χ1) is 23.2. The van der Waals surface area contributed by atoms with Crippen molar-refractivity contribution >= 4 is 18.9 Å². The van der Waals surface area contributed by atoms with E-state index in [2.05, 4.69) is 66.3 Å². The highest BCUT2D eigenvalue weighted by molar-refractivity contribution is 6.33. The van der Waals surface area contributed by atoms with E-state index in [4.69, 9.17) is 9.39 Å². The lowest BCUT2D eigenvalue weighted by atomic mass is 9.32. The summed E-state index contributed by atoms with van der Waals surface area (Å²) in [6.07, 6.45) is 12.4. The van der Waals surface area contributed by atoms with E-state index in [-0.39, 0.29) is 27.6 Å². The van der Waals surface area contributed by atoms with Crippen LogP contribution in [0.3, 0.4) is 0 Å². The first-order valence-electron chi connectivity index (χ1n) is 18.9. The van der Waals surface area contributed by atoms with Gasteiger partial charge in [-0.3, -0.25) is 4.79 Å². The van der Waals surface area contributed by atoms with E-state index < -0.39 is 12.7 Å².